The molecule has 0 aliphatic heterocycles. The molecule has 2 aromatic carbocycles. The van der Waals surface area contributed by atoms with E-state index in [0.717, 1.165) is 9.79 Å². The third-order valence-corrected chi connectivity index (χ3v) is 3.36. The van der Waals surface area contributed by atoms with Crippen LogP contribution in [0.5, 0.6) is 5.75 Å². The van der Waals surface area contributed by atoms with Crippen molar-refractivity contribution in [3.05, 3.63) is 54.1 Å². The van der Waals surface area contributed by atoms with Crippen LogP contribution in [0.15, 0.2) is 58.3 Å². The van der Waals surface area contributed by atoms with Crippen LogP contribution >= 0.6 is 11.8 Å². The summed E-state index contributed by atoms with van der Waals surface area (Å²) >= 11 is 1.56. The van der Waals surface area contributed by atoms with Crippen LogP contribution < -0.4 is 0 Å². The lowest BCUT2D eigenvalue weighted by atomic mass is 10.2. The van der Waals surface area contributed by atoms with Crippen molar-refractivity contribution in [1.82, 2.24) is 0 Å². The van der Waals surface area contributed by atoms with Crippen molar-refractivity contribution in [2.45, 2.75) is 9.79 Å². The highest BCUT2D eigenvalue weighted by Gasteiger charge is 2.04. The van der Waals surface area contributed by atoms with Gasteiger partial charge in [0, 0.05) is 9.79 Å². The number of phenols is 1. The van der Waals surface area contributed by atoms with Crippen LogP contribution in [0.4, 0.5) is 0 Å². The topological polar surface area (TPSA) is 46.5 Å². The van der Waals surface area contributed by atoms with Gasteiger partial charge in [-0.15, -0.1) is 0 Å². The number of hydrogen-bond acceptors (Lipinski definition) is 4. The molecule has 4 heteroatoms. The van der Waals surface area contributed by atoms with Crippen molar-refractivity contribution >= 4 is 17.7 Å². The van der Waals surface area contributed by atoms with Crippen LogP contribution in [-0.4, -0.2) is 18.2 Å². The second-order valence-corrected chi connectivity index (χ2v) is 4.76. The Balaban J connectivity index is 2.10. The smallest absolute Gasteiger partial charge is 0.337 e. The Morgan fingerprint density at radius 2 is 1.50 bits per heavy atom. The van der Waals surface area contributed by atoms with Gasteiger partial charge in [-0.3, -0.25) is 0 Å². The van der Waals surface area contributed by atoms with E-state index in [2.05, 4.69) is 4.74 Å². The molecule has 18 heavy (non-hydrogen) atoms. The molecule has 0 unspecified atom stereocenters. The van der Waals surface area contributed by atoms with Gasteiger partial charge in [0.1, 0.15) is 5.75 Å². The van der Waals surface area contributed by atoms with Crippen molar-refractivity contribution in [3.63, 3.8) is 0 Å². The molecule has 3 nitrogen and oxygen atoms in total. The third-order valence-electron chi connectivity index (χ3n) is 2.35. The molecule has 0 aliphatic rings. The van der Waals surface area contributed by atoms with E-state index in [0.29, 0.717) is 5.56 Å². The van der Waals surface area contributed by atoms with Crippen LogP contribution in [0.2, 0.25) is 0 Å². The maximum Gasteiger partial charge on any atom is 0.337 e. The zero-order valence-corrected chi connectivity index (χ0v) is 10.6. The Morgan fingerprint density at radius 3 is 2.00 bits per heavy atom. The zero-order chi connectivity index (χ0) is 13.0. The maximum atomic E-state index is 11.3. The van der Waals surface area contributed by atoms with E-state index in [1.165, 1.54) is 7.11 Å². The molecule has 0 atom stereocenters. The number of ether oxygens (including phenoxy) is 1. The summed E-state index contributed by atoms with van der Waals surface area (Å²) in [6.45, 7) is 0. The Bertz CT molecular complexity index is 532. The summed E-state index contributed by atoms with van der Waals surface area (Å²) in [6, 6.07) is 14.2. The number of aromatic hydroxyl groups is 1. The zero-order valence-electron chi connectivity index (χ0n) is 9.79. The molecule has 0 aromatic heterocycles. The quantitative estimate of drug-likeness (QED) is 0.860. The van der Waals surface area contributed by atoms with Gasteiger partial charge in [0.05, 0.1) is 12.7 Å². The molecule has 0 saturated carbocycles. The minimum Gasteiger partial charge on any atom is -0.508 e. The lowest BCUT2D eigenvalue weighted by Gasteiger charge is -2.03. The van der Waals surface area contributed by atoms with Gasteiger partial charge in [0.2, 0.25) is 0 Å². The van der Waals surface area contributed by atoms with E-state index in [1.54, 1.807) is 36.0 Å². The monoisotopic (exact) mass is 260 g/mol. The SMILES string of the molecule is COC(=O)c1ccc(Sc2ccc(O)cc2)cc1. The number of methoxy groups -OCH3 is 1. The lowest BCUT2D eigenvalue weighted by Crippen LogP contribution is -2.00. The average Bonchev–Trinajstić information content (AvgIpc) is 2.41. The van der Waals surface area contributed by atoms with E-state index in [-0.39, 0.29) is 11.7 Å². The van der Waals surface area contributed by atoms with Crippen LogP contribution in [0.3, 0.4) is 0 Å². The molecule has 0 bridgehead atoms. The molecule has 0 saturated heterocycles. The van der Waals surface area contributed by atoms with Gasteiger partial charge in [-0.25, -0.2) is 4.79 Å². The minimum absolute atomic E-state index is 0.250. The predicted molar refractivity (Wildman–Crippen MR) is 70.0 cm³/mol. The molecule has 92 valence electrons. The van der Waals surface area contributed by atoms with Gasteiger partial charge in [0.15, 0.2) is 0 Å². The summed E-state index contributed by atoms with van der Waals surface area (Å²) in [5.41, 5.74) is 0.535. The molecule has 0 aliphatic carbocycles. The first kappa shape index (κ1) is 12.5. The van der Waals surface area contributed by atoms with Crippen molar-refractivity contribution in [3.8, 4) is 5.75 Å². The summed E-state index contributed by atoms with van der Waals surface area (Å²) in [6.07, 6.45) is 0. The molecule has 0 fully saturated rings. The van der Waals surface area contributed by atoms with Gasteiger partial charge >= 0.3 is 5.97 Å². The van der Waals surface area contributed by atoms with Crippen molar-refractivity contribution < 1.29 is 14.6 Å². The summed E-state index contributed by atoms with van der Waals surface area (Å²) in [7, 11) is 1.36. The lowest BCUT2D eigenvalue weighted by molar-refractivity contribution is 0.0600. The first-order valence-corrected chi connectivity index (χ1v) is 6.16. The number of carbonyl (C=O) groups excluding carboxylic acids is 1. The third kappa shape index (κ3) is 3.05. The Kier molecular flexibility index (Phi) is 3.89. The van der Waals surface area contributed by atoms with Gasteiger partial charge in [-0.05, 0) is 48.5 Å². The Morgan fingerprint density at radius 1 is 1.00 bits per heavy atom. The summed E-state index contributed by atoms with van der Waals surface area (Å²) < 4.78 is 4.63. The maximum absolute atomic E-state index is 11.3. The van der Waals surface area contributed by atoms with Crippen LogP contribution in [0.1, 0.15) is 10.4 Å². The molecular weight excluding hydrogens is 248 g/mol. The van der Waals surface area contributed by atoms with E-state index in [4.69, 9.17) is 0 Å². The number of hydrogen-bond donors (Lipinski definition) is 1. The number of esters is 1. The standard InChI is InChI=1S/C14H12O3S/c1-17-14(16)10-2-6-12(7-3-10)18-13-8-4-11(15)5-9-13/h2-9,15H,1H3. The fourth-order valence-corrected chi connectivity index (χ4v) is 2.24. The second kappa shape index (κ2) is 5.60. The molecule has 0 heterocycles. The van der Waals surface area contributed by atoms with Gasteiger partial charge < -0.3 is 9.84 Å². The molecule has 0 spiro atoms. The van der Waals surface area contributed by atoms with Crippen molar-refractivity contribution in [2.75, 3.05) is 7.11 Å². The summed E-state index contributed by atoms with van der Waals surface area (Å²) in [5, 5.41) is 9.19. The van der Waals surface area contributed by atoms with E-state index in [1.807, 2.05) is 24.3 Å². The van der Waals surface area contributed by atoms with E-state index in [9.17, 15) is 9.90 Å². The fraction of sp³-hybridized carbons (Fsp3) is 0.0714. The largest absolute Gasteiger partial charge is 0.508 e. The van der Waals surface area contributed by atoms with Crippen LogP contribution in [-0.2, 0) is 4.74 Å². The second-order valence-electron chi connectivity index (χ2n) is 3.61. The van der Waals surface area contributed by atoms with E-state index < -0.39 is 0 Å². The Labute approximate surface area is 109 Å². The van der Waals surface area contributed by atoms with E-state index >= 15 is 0 Å². The number of phenolic OH excluding ortho intramolecular Hbond substituents is 1. The highest BCUT2D eigenvalue weighted by Crippen LogP contribution is 2.28. The molecule has 0 amide bonds. The normalized spacial score (nSPS) is 10.1. The van der Waals surface area contributed by atoms with Crippen molar-refractivity contribution in [1.29, 1.82) is 0 Å². The minimum atomic E-state index is -0.337. The number of rotatable bonds is 3. The number of benzene rings is 2. The first-order chi connectivity index (χ1) is 8.69. The fourth-order valence-electron chi connectivity index (χ4n) is 1.43. The summed E-state index contributed by atoms with van der Waals surface area (Å²) in [5.74, 6) is -0.0865. The molecule has 0 radical (unpaired) electrons. The number of carbonyl (C=O) groups is 1. The molecular formula is C14H12O3S. The van der Waals surface area contributed by atoms with Gasteiger partial charge in [0.25, 0.3) is 0 Å². The van der Waals surface area contributed by atoms with Crippen LogP contribution in [0, 0.1) is 0 Å². The molecule has 2 rings (SSSR count). The highest BCUT2D eigenvalue weighted by molar-refractivity contribution is 7.99. The van der Waals surface area contributed by atoms with Crippen molar-refractivity contribution in [2.24, 2.45) is 0 Å². The van der Waals surface area contributed by atoms with Crippen LogP contribution in [0.25, 0.3) is 0 Å². The molecule has 1 N–H and O–H groups in total. The summed E-state index contributed by atoms with van der Waals surface area (Å²) in [4.78, 5) is 13.3. The predicted octanol–water partition coefficient (Wildman–Crippen LogP) is 3.33. The average molecular weight is 260 g/mol. The highest BCUT2D eigenvalue weighted by atomic mass is 32.2. The Hall–Kier alpha value is -1.94. The van der Waals surface area contributed by atoms with Gasteiger partial charge in [-0.1, -0.05) is 11.8 Å². The molecule has 2 aromatic rings. The van der Waals surface area contributed by atoms with Gasteiger partial charge in [-0.2, -0.15) is 0 Å². The first-order valence-electron chi connectivity index (χ1n) is 5.34.